The molecule has 0 radical (unpaired) electrons. The summed E-state index contributed by atoms with van der Waals surface area (Å²) < 4.78 is 7.07. The first-order valence-electron chi connectivity index (χ1n) is 10.5. The number of pyridine rings is 1. The second-order valence-corrected chi connectivity index (χ2v) is 9.76. The first kappa shape index (κ1) is 22.5. The predicted octanol–water partition coefficient (Wildman–Crippen LogP) is 5.10. The summed E-state index contributed by atoms with van der Waals surface area (Å²) in [6, 6.07) is 9.34. The molecule has 31 heavy (non-hydrogen) atoms. The molecule has 0 aliphatic carbocycles. The van der Waals surface area contributed by atoms with Crippen molar-refractivity contribution in [3.63, 3.8) is 0 Å². The number of carbonyl (C=O) groups excluding carboxylic acids is 1. The summed E-state index contributed by atoms with van der Waals surface area (Å²) in [7, 11) is 0. The molecule has 2 aromatic heterocycles. The molecule has 0 saturated carbocycles. The molecule has 6 nitrogen and oxygen atoms in total. The minimum Gasteiger partial charge on any atom is -0.507 e. The first-order chi connectivity index (χ1) is 14.5. The smallest absolute Gasteiger partial charge is 0.339 e. The van der Waals surface area contributed by atoms with Crippen LogP contribution in [0.15, 0.2) is 48.9 Å². The van der Waals surface area contributed by atoms with E-state index in [1.807, 2.05) is 24.4 Å². The zero-order chi connectivity index (χ0) is 22.8. The third-order valence-electron chi connectivity index (χ3n) is 5.11. The summed E-state index contributed by atoms with van der Waals surface area (Å²) >= 11 is 0. The van der Waals surface area contributed by atoms with E-state index >= 15 is 0 Å². The fraction of sp³-hybridized carbons (Fsp3) is 0.400. The standard InChI is InChI=1S/C25H31N3O3/c1-24(2,3)19-14-18(15-20(22(19)29)25(4,5)6)21-9-11-28(27-21)12-13-31-23(30)17-8-7-10-26-16-17/h7-11,14-16,29H,12-13H2,1-6H3. The van der Waals surface area contributed by atoms with Gasteiger partial charge in [-0.1, -0.05) is 41.5 Å². The summed E-state index contributed by atoms with van der Waals surface area (Å²) in [6.07, 6.45) is 4.97. The minimum absolute atomic E-state index is 0.205. The molecule has 0 atom stereocenters. The number of benzene rings is 1. The molecular weight excluding hydrogens is 390 g/mol. The van der Waals surface area contributed by atoms with Gasteiger partial charge in [0.05, 0.1) is 17.8 Å². The molecule has 0 aliphatic rings. The second-order valence-electron chi connectivity index (χ2n) is 9.76. The highest BCUT2D eigenvalue weighted by molar-refractivity contribution is 5.88. The molecule has 1 aromatic carbocycles. The van der Waals surface area contributed by atoms with E-state index in [1.165, 1.54) is 6.20 Å². The number of aromatic nitrogens is 3. The monoisotopic (exact) mass is 421 g/mol. The molecule has 0 amide bonds. The molecule has 0 fully saturated rings. The lowest BCUT2D eigenvalue weighted by Gasteiger charge is -2.28. The van der Waals surface area contributed by atoms with E-state index in [0.717, 1.165) is 22.4 Å². The van der Waals surface area contributed by atoms with Crippen LogP contribution in [0.25, 0.3) is 11.3 Å². The van der Waals surface area contributed by atoms with Crippen LogP contribution in [-0.2, 0) is 22.1 Å². The van der Waals surface area contributed by atoms with Gasteiger partial charge in [0.25, 0.3) is 0 Å². The number of esters is 1. The maximum Gasteiger partial charge on any atom is 0.339 e. The number of nitrogens with zero attached hydrogens (tertiary/aromatic N) is 3. The largest absolute Gasteiger partial charge is 0.507 e. The van der Waals surface area contributed by atoms with Gasteiger partial charge in [0.1, 0.15) is 12.4 Å². The van der Waals surface area contributed by atoms with Crippen LogP contribution in [0.5, 0.6) is 5.75 Å². The molecule has 164 valence electrons. The van der Waals surface area contributed by atoms with E-state index in [0.29, 0.717) is 17.9 Å². The molecule has 0 saturated heterocycles. The van der Waals surface area contributed by atoms with E-state index in [4.69, 9.17) is 4.74 Å². The van der Waals surface area contributed by atoms with Crippen LogP contribution in [0.1, 0.15) is 63.0 Å². The molecule has 3 rings (SSSR count). The zero-order valence-corrected chi connectivity index (χ0v) is 19.1. The van der Waals surface area contributed by atoms with Crippen LogP contribution in [0.3, 0.4) is 0 Å². The molecule has 0 unspecified atom stereocenters. The molecule has 0 aliphatic heterocycles. The fourth-order valence-corrected chi connectivity index (χ4v) is 3.36. The summed E-state index contributed by atoms with van der Waals surface area (Å²) in [4.78, 5) is 16.0. The van der Waals surface area contributed by atoms with E-state index in [9.17, 15) is 9.90 Å². The van der Waals surface area contributed by atoms with E-state index in [-0.39, 0.29) is 17.4 Å². The number of phenols is 1. The maximum absolute atomic E-state index is 12.0. The Morgan fingerprint density at radius 3 is 2.26 bits per heavy atom. The first-order valence-corrected chi connectivity index (χ1v) is 10.5. The zero-order valence-electron chi connectivity index (χ0n) is 19.1. The Balaban J connectivity index is 1.79. The van der Waals surface area contributed by atoms with E-state index in [1.54, 1.807) is 23.0 Å². The van der Waals surface area contributed by atoms with Crippen LogP contribution >= 0.6 is 0 Å². The number of carbonyl (C=O) groups is 1. The highest BCUT2D eigenvalue weighted by Crippen LogP contribution is 2.41. The van der Waals surface area contributed by atoms with Crippen molar-refractivity contribution in [3.8, 4) is 17.0 Å². The lowest BCUT2D eigenvalue weighted by molar-refractivity contribution is 0.0487. The van der Waals surface area contributed by atoms with Crippen molar-refractivity contribution in [1.29, 1.82) is 0 Å². The summed E-state index contributed by atoms with van der Waals surface area (Å²) in [5, 5.41) is 15.6. The topological polar surface area (TPSA) is 77.2 Å². The van der Waals surface area contributed by atoms with Crippen LogP contribution < -0.4 is 0 Å². The number of phenolic OH excluding ortho intramolecular Hbond substituents is 1. The maximum atomic E-state index is 12.0. The van der Waals surface area contributed by atoms with Gasteiger partial charge >= 0.3 is 5.97 Å². The minimum atomic E-state index is -0.399. The quantitative estimate of drug-likeness (QED) is 0.580. The second kappa shape index (κ2) is 8.53. The Morgan fingerprint density at radius 1 is 1.06 bits per heavy atom. The van der Waals surface area contributed by atoms with Crippen molar-refractivity contribution >= 4 is 5.97 Å². The van der Waals surface area contributed by atoms with Gasteiger partial charge in [0.15, 0.2) is 0 Å². The van der Waals surface area contributed by atoms with E-state index < -0.39 is 5.97 Å². The van der Waals surface area contributed by atoms with Crippen molar-refractivity contribution in [2.24, 2.45) is 0 Å². The fourth-order valence-electron chi connectivity index (χ4n) is 3.36. The molecule has 2 heterocycles. The van der Waals surface area contributed by atoms with Crippen LogP contribution in [0.4, 0.5) is 0 Å². The van der Waals surface area contributed by atoms with Crippen molar-refractivity contribution in [3.05, 3.63) is 65.6 Å². The highest BCUT2D eigenvalue weighted by atomic mass is 16.5. The van der Waals surface area contributed by atoms with Crippen molar-refractivity contribution in [2.75, 3.05) is 6.61 Å². The third kappa shape index (κ3) is 5.32. The summed E-state index contributed by atoms with van der Waals surface area (Å²) in [6.45, 7) is 13.2. The average molecular weight is 422 g/mol. The Hall–Kier alpha value is -3.15. The van der Waals surface area contributed by atoms with Crippen LogP contribution in [0.2, 0.25) is 0 Å². The number of hydrogen-bond acceptors (Lipinski definition) is 5. The molecule has 3 aromatic rings. The van der Waals surface area contributed by atoms with Gasteiger partial charge in [-0.25, -0.2) is 4.79 Å². The lowest BCUT2D eigenvalue weighted by Crippen LogP contribution is -2.17. The van der Waals surface area contributed by atoms with Gasteiger partial charge in [-0.05, 0) is 41.2 Å². The highest BCUT2D eigenvalue weighted by Gasteiger charge is 2.27. The van der Waals surface area contributed by atoms with Crippen molar-refractivity contribution < 1.29 is 14.6 Å². The number of ether oxygens (including phenoxy) is 1. The van der Waals surface area contributed by atoms with Crippen LogP contribution in [-0.4, -0.2) is 32.4 Å². The number of hydrogen-bond donors (Lipinski definition) is 1. The Labute approximate surface area is 183 Å². The SMILES string of the molecule is CC(C)(C)c1cc(-c2ccn(CCOC(=O)c3cccnc3)n2)cc(C(C)(C)C)c1O. The Bertz CT molecular complexity index is 1020. The third-order valence-corrected chi connectivity index (χ3v) is 5.11. The number of rotatable bonds is 5. The normalized spacial score (nSPS) is 12.1. The average Bonchev–Trinajstić information content (AvgIpc) is 3.16. The van der Waals surface area contributed by atoms with Gasteiger partial charge in [-0.15, -0.1) is 0 Å². The van der Waals surface area contributed by atoms with Crippen molar-refractivity contribution in [1.82, 2.24) is 14.8 Å². The molecule has 0 spiro atoms. The summed E-state index contributed by atoms with van der Waals surface area (Å²) in [5.74, 6) is -0.0471. The van der Waals surface area contributed by atoms with Gasteiger partial charge in [-0.2, -0.15) is 5.10 Å². The number of aromatic hydroxyl groups is 1. The van der Waals surface area contributed by atoms with Crippen LogP contribution in [0, 0.1) is 0 Å². The van der Waals surface area contributed by atoms with E-state index in [2.05, 4.69) is 51.6 Å². The molecular formula is C25H31N3O3. The molecule has 6 heteroatoms. The predicted molar refractivity (Wildman–Crippen MR) is 121 cm³/mol. The van der Waals surface area contributed by atoms with Gasteiger partial charge in [0, 0.05) is 35.3 Å². The lowest BCUT2D eigenvalue weighted by atomic mass is 9.78. The Kier molecular flexibility index (Phi) is 6.20. The Morgan fingerprint density at radius 2 is 1.71 bits per heavy atom. The molecule has 1 N–H and O–H groups in total. The summed E-state index contributed by atoms with van der Waals surface area (Å²) in [5.41, 5.74) is 3.59. The van der Waals surface area contributed by atoms with Gasteiger partial charge in [0.2, 0.25) is 0 Å². The van der Waals surface area contributed by atoms with Crippen molar-refractivity contribution in [2.45, 2.75) is 58.9 Å². The molecule has 0 bridgehead atoms. The van der Waals surface area contributed by atoms with Gasteiger partial charge in [-0.3, -0.25) is 9.67 Å². The van der Waals surface area contributed by atoms with Gasteiger partial charge < -0.3 is 9.84 Å².